The molecule has 0 amide bonds. The first-order valence-corrected chi connectivity index (χ1v) is 6.04. The molecule has 0 bridgehead atoms. The smallest absolute Gasteiger partial charge is 0.0652 e. The molecule has 0 fully saturated rings. The summed E-state index contributed by atoms with van der Waals surface area (Å²) in [6.45, 7) is 2.14. The van der Waals surface area contributed by atoms with Gasteiger partial charge in [0.15, 0.2) is 0 Å². The first kappa shape index (κ1) is 10.5. The zero-order valence-electron chi connectivity index (χ0n) is 10.2. The van der Waals surface area contributed by atoms with Gasteiger partial charge >= 0.3 is 0 Å². The Balaban J connectivity index is 2.23. The van der Waals surface area contributed by atoms with Crippen LogP contribution in [0.15, 0.2) is 48.5 Å². The van der Waals surface area contributed by atoms with E-state index in [0.717, 1.165) is 0 Å². The summed E-state index contributed by atoms with van der Waals surface area (Å²) in [5, 5.41) is 0. The highest BCUT2D eigenvalue weighted by atomic mass is 16.5. The van der Waals surface area contributed by atoms with Crippen molar-refractivity contribution in [2.75, 3.05) is 7.11 Å². The predicted molar refractivity (Wildman–Crippen MR) is 70.2 cm³/mol. The summed E-state index contributed by atoms with van der Waals surface area (Å²) in [7, 11) is 1.79. The van der Waals surface area contributed by atoms with Crippen LogP contribution in [0.2, 0.25) is 0 Å². The molecular weight excluding hydrogens is 208 g/mol. The van der Waals surface area contributed by atoms with Gasteiger partial charge in [-0.05, 0) is 29.2 Å². The maximum Gasteiger partial charge on any atom is 0.0652 e. The Morgan fingerprint density at radius 3 is 1.82 bits per heavy atom. The van der Waals surface area contributed by atoms with Gasteiger partial charge in [-0.1, -0.05) is 48.5 Å². The van der Waals surface area contributed by atoms with Crippen LogP contribution >= 0.6 is 0 Å². The van der Waals surface area contributed by atoms with Gasteiger partial charge in [-0.15, -0.1) is 0 Å². The van der Waals surface area contributed by atoms with Crippen LogP contribution in [-0.4, -0.2) is 13.2 Å². The lowest BCUT2D eigenvalue weighted by Crippen LogP contribution is -2.16. The van der Waals surface area contributed by atoms with E-state index in [4.69, 9.17) is 4.74 Å². The fourth-order valence-corrected chi connectivity index (χ4v) is 2.84. The maximum atomic E-state index is 5.55. The number of hydrogen-bond acceptors (Lipinski definition) is 1. The molecule has 1 aliphatic rings. The lowest BCUT2D eigenvalue weighted by molar-refractivity contribution is 0.106. The zero-order chi connectivity index (χ0) is 11.8. The van der Waals surface area contributed by atoms with Crippen molar-refractivity contribution in [3.8, 4) is 11.1 Å². The summed E-state index contributed by atoms with van der Waals surface area (Å²) in [5.74, 6) is 0.368. The van der Waals surface area contributed by atoms with E-state index < -0.39 is 0 Å². The van der Waals surface area contributed by atoms with Gasteiger partial charge in [-0.2, -0.15) is 0 Å². The van der Waals surface area contributed by atoms with Gasteiger partial charge in [0.1, 0.15) is 0 Å². The summed E-state index contributed by atoms with van der Waals surface area (Å²) in [6.07, 6.45) is 0.208. The third-order valence-corrected chi connectivity index (χ3v) is 3.72. The molecule has 17 heavy (non-hydrogen) atoms. The second-order valence-corrected chi connectivity index (χ2v) is 4.59. The number of ether oxygens (including phenoxy) is 1. The predicted octanol–water partition coefficient (Wildman–Crippen LogP) is 3.83. The van der Waals surface area contributed by atoms with Crippen LogP contribution in [-0.2, 0) is 4.74 Å². The molecule has 1 atom stereocenters. The van der Waals surface area contributed by atoms with Crippen molar-refractivity contribution in [1.82, 2.24) is 0 Å². The molecule has 2 aromatic carbocycles. The van der Waals surface area contributed by atoms with Gasteiger partial charge in [0.05, 0.1) is 6.10 Å². The normalized spacial score (nSPS) is 15.4. The molecule has 86 valence electrons. The number of rotatable bonds is 2. The molecule has 1 aliphatic carbocycles. The molecular formula is C16H16O. The van der Waals surface area contributed by atoms with Crippen LogP contribution in [0, 0.1) is 0 Å². The molecule has 3 rings (SSSR count). The lowest BCUT2D eigenvalue weighted by Gasteiger charge is -2.20. The summed E-state index contributed by atoms with van der Waals surface area (Å²) in [4.78, 5) is 0. The zero-order valence-corrected chi connectivity index (χ0v) is 10.2. The van der Waals surface area contributed by atoms with Gasteiger partial charge in [0, 0.05) is 13.0 Å². The first-order valence-electron chi connectivity index (χ1n) is 6.04. The van der Waals surface area contributed by atoms with Crippen molar-refractivity contribution in [1.29, 1.82) is 0 Å². The summed E-state index contributed by atoms with van der Waals surface area (Å²) in [5.41, 5.74) is 5.50. The molecule has 0 saturated heterocycles. The van der Waals surface area contributed by atoms with Crippen molar-refractivity contribution >= 4 is 0 Å². The highest BCUT2D eigenvalue weighted by Crippen LogP contribution is 2.46. The molecule has 0 aliphatic heterocycles. The number of hydrogen-bond donors (Lipinski definition) is 0. The molecule has 0 aromatic heterocycles. The number of methoxy groups -OCH3 is 1. The summed E-state index contributed by atoms with van der Waals surface area (Å²) >= 11 is 0. The van der Waals surface area contributed by atoms with Crippen molar-refractivity contribution in [2.45, 2.75) is 18.9 Å². The quantitative estimate of drug-likeness (QED) is 0.753. The Bertz CT molecular complexity index is 499. The fourth-order valence-electron chi connectivity index (χ4n) is 2.84. The molecule has 0 N–H and O–H groups in total. The van der Waals surface area contributed by atoms with Crippen LogP contribution in [0.4, 0.5) is 0 Å². The van der Waals surface area contributed by atoms with Gasteiger partial charge in [-0.25, -0.2) is 0 Å². The van der Waals surface area contributed by atoms with E-state index >= 15 is 0 Å². The maximum absolute atomic E-state index is 5.55. The van der Waals surface area contributed by atoms with E-state index in [0.29, 0.717) is 5.92 Å². The monoisotopic (exact) mass is 224 g/mol. The second-order valence-electron chi connectivity index (χ2n) is 4.59. The van der Waals surface area contributed by atoms with Crippen LogP contribution in [0.5, 0.6) is 0 Å². The summed E-state index contributed by atoms with van der Waals surface area (Å²) in [6, 6.07) is 17.3. The highest BCUT2D eigenvalue weighted by molar-refractivity contribution is 5.78. The first-order chi connectivity index (χ1) is 8.33. The standard InChI is InChI=1S/C16H16O/c1-11(17-2)16-14-9-5-3-7-12(14)13-8-4-6-10-15(13)16/h3-11,16H,1-2H3. The minimum Gasteiger partial charge on any atom is -0.381 e. The van der Waals surface area contributed by atoms with Crippen molar-refractivity contribution < 1.29 is 4.74 Å². The van der Waals surface area contributed by atoms with Crippen molar-refractivity contribution in [3.05, 3.63) is 59.7 Å². The van der Waals surface area contributed by atoms with Gasteiger partial charge in [0.25, 0.3) is 0 Å². The Labute approximate surface area is 102 Å². The molecule has 0 spiro atoms. The lowest BCUT2D eigenvalue weighted by atomic mass is 9.92. The highest BCUT2D eigenvalue weighted by Gasteiger charge is 2.31. The van der Waals surface area contributed by atoms with E-state index in [1.165, 1.54) is 22.3 Å². The average Bonchev–Trinajstić information content (AvgIpc) is 2.72. The number of benzene rings is 2. The van der Waals surface area contributed by atoms with Crippen LogP contribution in [0.25, 0.3) is 11.1 Å². The minimum absolute atomic E-state index is 0.208. The van der Waals surface area contributed by atoms with Crippen molar-refractivity contribution in [3.63, 3.8) is 0 Å². The van der Waals surface area contributed by atoms with Crippen LogP contribution in [0.1, 0.15) is 24.0 Å². The fraction of sp³-hybridized carbons (Fsp3) is 0.250. The molecule has 0 saturated carbocycles. The van der Waals surface area contributed by atoms with Crippen molar-refractivity contribution in [2.24, 2.45) is 0 Å². The van der Waals surface area contributed by atoms with E-state index in [-0.39, 0.29) is 6.10 Å². The van der Waals surface area contributed by atoms with Gasteiger partial charge < -0.3 is 4.74 Å². The molecule has 1 heteroatoms. The van der Waals surface area contributed by atoms with E-state index in [9.17, 15) is 0 Å². The topological polar surface area (TPSA) is 9.23 Å². The van der Waals surface area contributed by atoms with E-state index in [2.05, 4.69) is 55.5 Å². The molecule has 2 aromatic rings. The van der Waals surface area contributed by atoms with E-state index in [1.807, 2.05) is 0 Å². The Morgan fingerprint density at radius 1 is 0.882 bits per heavy atom. The third-order valence-electron chi connectivity index (χ3n) is 3.72. The largest absolute Gasteiger partial charge is 0.381 e. The SMILES string of the molecule is COC(C)C1c2ccccc2-c2ccccc21. The molecule has 0 radical (unpaired) electrons. The Kier molecular flexibility index (Phi) is 2.49. The average molecular weight is 224 g/mol. The third kappa shape index (κ3) is 1.50. The minimum atomic E-state index is 0.208. The van der Waals surface area contributed by atoms with Crippen LogP contribution < -0.4 is 0 Å². The molecule has 0 heterocycles. The van der Waals surface area contributed by atoms with Gasteiger partial charge in [-0.3, -0.25) is 0 Å². The summed E-state index contributed by atoms with van der Waals surface area (Å²) < 4.78 is 5.55. The Morgan fingerprint density at radius 2 is 1.35 bits per heavy atom. The molecule has 1 unspecified atom stereocenters. The van der Waals surface area contributed by atoms with Gasteiger partial charge in [0.2, 0.25) is 0 Å². The second kappa shape index (κ2) is 4.01. The van der Waals surface area contributed by atoms with Crippen LogP contribution in [0.3, 0.4) is 0 Å². The Hall–Kier alpha value is -1.60. The number of fused-ring (bicyclic) bond motifs is 3. The van der Waals surface area contributed by atoms with E-state index in [1.54, 1.807) is 7.11 Å². The molecule has 1 nitrogen and oxygen atoms in total.